The SMILES string of the molecule is C=CCNC(=O)NC(=O)CSc1nnc(-c2ccc(Cl)cc2)o1. The molecule has 23 heavy (non-hydrogen) atoms. The number of halogens is 1. The second-order valence-electron chi connectivity index (χ2n) is 4.22. The van der Waals surface area contributed by atoms with Crippen molar-refractivity contribution in [3.8, 4) is 11.5 Å². The number of imide groups is 1. The first-order chi connectivity index (χ1) is 11.1. The van der Waals surface area contributed by atoms with E-state index >= 15 is 0 Å². The second kappa shape index (κ2) is 8.35. The highest BCUT2D eigenvalue weighted by molar-refractivity contribution is 7.99. The van der Waals surface area contributed by atoms with Gasteiger partial charge in [-0.05, 0) is 24.3 Å². The Bertz CT molecular complexity index is 702. The zero-order valence-electron chi connectivity index (χ0n) is 11.9. The van der Waals surface area contributed by atoms with Crippen LogP contribution in [-0.2, 0) is 4.79 Å². The van der Waals surface area contributed by atoms with Gasteiger partial charge in [0.15, 0.2) is 0 Å². The molecule has 1 aromatic heterocycles. The summed E-state index contributed by atoms with van der Waals surface area (Å²) in [6.45, 7) is 3.73. The maximum Gasteiger partial charge on any atom is 0.321 e. The summed E-state index contributed by atoms with van der Waals surface area (Å²) in [6.07, 6.45) is 1.51. The van der Waals surface area contributed by atoms with E-state index in [1.165, 1.54) is 6.08 Å². The number of hydrogen-bond donors (Lipinski definition) is 2. The standard InChI is InChI=1S/C14H13ClN4O3S/c1-2-7-16-13(21)17-11(20)8-23-14-19-18-12(22-14)9-3-5-10(15)6-4-9/h2-6H,1,7-8H2,(H2,16,17,20,21). The van der Waals surface area contributed by atoms with E-state index in [-0.39, 0.29) is 17.5 Å². The molecule has 0 bridgehead atoms. The van der Waals surface area contributed by atoms with Crippen LogP contribution in [0.4, 0.5) is 4.79 Å². The van der Waals surface area contributed by atoms with E-state index in [0.29, 0.717) is 10.9 Å². The molecule has 0 unspecified atom stereocenters. The normalized spacial score (nSPS) is 10.1. The number of hydrogen-bond acceptors (Lipinski definition) is 6. The van der Waals surface area contributed by atoms with E-state index in [0.717, 1.165) is 17.3 Å². The summed E-state index contributed by atoms with van der Waals surface area (Å²) in [4.78, 5) is 22.9. The minimum atomic E-state index is -0.581. The molecule has 2 rings (SSSR count). The van der Waals surface area contributed by atoms with E-state index < -0.39 is 11.9 Å². The lowest BCUT2D eigenvalue weighted by atomic mass is 10.2. The molecule has 0 spiro atoms. The van der Waals surface area contributed by atoms with E-state index in [1.807, 2.05) is 0 Å². The summed E-state index contributed by atoms with van der Waals surface area (Å²) < 4.78 is 5.43. The predicted octanol–water partition coefficient (Wildman–Crippen LogP) is 2.49. The number of aromatic nitrogens is 2. The van der Waals surface area contributed by atoms with Gasteiger partial charge in [0.05, 0.1) is 5.75 Å². The predicted molar refractivity (Wildman–Crippen MR) is 87.2 cm³/mol. The van der Waals surface area contributed by atoms with Crippen LogP contribution in [0.1, 0.15) is 0 Å². The Hall–Kier alpha value is -2.32. The number of nitrogens with zero attached hydrogens (tertiary/aromatic N) is 2. The zero-order chi connectivity index (χ0) is 16.7. The fourth-order valence-corrected chi connectivity index (χ4v) is 2.17. The van der Waals surface area contributed by atoms with Gasteiger partial charge in [-0.2, -0.15) is 0 Å². The van der Waals surface area contributed by atoms with Gasteiger partial charge in [0.2, 0.25) is 11.8 Å². The van der Waals surface area contributed by atoms with Gasteiger partial charge in [0.1, 0.15) is 0 Å². The average molecular weight is 353 g/mol. The Morgan fingerprint density at radius 1 is 1.30 bits per heavy atom. The third-order valence-electron chi connectivity index (χ3n) is 2.48. The molecule has 0 aliphatic rings. The van der Waals surface area contributed by atoms with E-state index in [2.05, 4.69) is 27.4 Å². The van der Waals surface area contributed by atoms with Crippen LogP contribution in [0.3, 0.4) is 0 Å². The van der Waals surface area contributed by atoms with E-state index in [4.69, 9.17) is 16.0 Å². The molecule has 0 saturated heterocycles. The van der Waals surface area contributed by atoms with Crippen LogP contribution in [-0.4, -0.2) is 34.4 Å². The lowest BCUT2D eigenvalue weighted by molar-refractivity contribution is -0.117. The van der Waals surface area contributed by atoms with Gasteiger partial charge in [-0.3, -0.25) is 10.1 Å². The van der Waals surface area contributed by atoms with Gasteiger partial charge in [-0.25, -0.2) is 4.79 Å². The number of benzene rings is 1. The number of carbonyl (C=O) groups is 2. The highest BCUT2D eigenvalue weighted by Gasteiger charge is 2.12. The zero-order valence-corrected chi connectivity index (χ0v) is 13.5. The minimum absolute atomic E-state index is 0.0240. The molecule has 2 N–H and O–H groups in total. The number of nitrogens with one attached hydrogen (secondary N) is 2. The summed E-state index contributed by atoms with van der Waals surface area (Å²) in [6, 6.07) is 6.34. The quantitative estimate of drug-likeness (QED) is 0.612. The molecule has 2 aromatic rings. The Kier molecular flexibility index (Phi) is 6.19. The van der Waals surface area contributed by atoms with Crippen LogP contribution in [0.5, 0.6) is 0 Å². The number of amides is 3. The molecule has 0 fully saturated rings. The molecule has 0 aliphatic carbocycles. The van der Waals surface area contributed by atoms with Crippen molar-refractivity contribution in [3.05, 3.63) is 41.9 Å². The largest absolute Gasteiger partial charge is 0.411 e. The van der Waals surface area contributed by atoms with Gasteiger partial charge in [0, 0.05) is 17.1 Å². The summed E-state index contributed by atoms with van der Waals surface area (Å²) in [7, 11) is 0. The minimum Gasteiger partial charge on any atom is -0.411 e. The third-order valence-corrected chi connectivity index (χ3v) is 3.55. The number of rotatable bonds is 6. The topological polar surface area (TPSA) is 97.1 Å². The fraction of sp³-hybridized carbons (Fsp3) is 0.143. The van der Waals surface area contributed by atoms with Gasteiger partial charge in [0.25, 0.3) is 5.22 Å². The first-order valence-corrected chi connectivity index (χ1v) is 7.85. The highest BCUT2D eigenvalue weighted by Crippen LogP contribution is 2.24. The first kappa shape index (κ1) is 17.0. The molecule has 0 radical (unpaired) electrons. The summed E-state index contributed by atoms with van der Waals surface area (Å²) >= 11 is 6.84. The Labute approximate surface area is 141 Å². The van der Waals surface area contributed by atoms with Crippen molar-refractivity contribution in [2.75, 3.05) is 12.3 Å². The lowest BCUT2D eigenvalue weighted by Crippen LogP contribution is -2.40. The van der Waals surface area contributed by atoms with Crippen molar-refractivity contribution in [1.82, 2.24) is 20.8 Å². The third kappa shape index (κ3) is 5.42. The van der Waals surface area contributed by atoms with Crippen molar-refractivity contribution in [2.45, 2.75) is 5.22 Å². The van der Waals surface area contributed by atoms with E-state index in [9.17, 15) is 9.59 Å². The van der Waals surface area contributed by atoms with Crippen LogP contribution >= 0.6 is 23.4 Å². The smallest absolute Gasteiger partial charge is 0.321 e. The first-order valence-electron chi connectivity index (χ1n) is 6.49. The van der Waals surface area contributed by atoms with E-state index in [1.54, 1.807) is 24.3 Å². The van der Waals surface area contributed by atoms with Crippen LogP contribution in [0.2, 0.25) is 5.02 Å². The molecular formula is C14H13ClN4O3S. The van der Waals surface area contributed by atoms with Crippen molar-refractivity contribution >= 4 is 35.3 Å². The highest BCUT2D eigenvalue weighted by atomic mass is 35.5. The molecule has 0 saturated carbocycles. The van der Waals surface area contributed by atoms with Gasteiger partial charge in [-0.1, -0.05) is 29.4 Å². The Morgan fingerprint density at radius 2 is 2.04 bits per heavy atom. The lowest BCUT2D eigenvalue weighted by Gasteiger charge is -2.03. The summed E-state index contributed by atoms with van der Waals surface area (Å²) in [5.41, 5.74) is 0.724. The summed E-state index contributed by atoms with van der Waals surface area (Å²) in [5.74, 6) is -0.167. The monoisotopic (exact) mass is 352 g/mol. The van der Waals surface area contributed by atoms with Crippen molar-refractivity contribution in [2.24, 2.45) is 0 Å². The number of thioether (sulfide) groups is 1. The van der Waals surface area contributed by atoms with Crippen molar-refractivity contribution in [3.63, 3.8) is 0 Å². The van der Waals surface area contributed by atoms with Crippen molar-refractivity contribution in [1.29, 1.82) is 0 Å². The second-order valence-corrected chi connectivity index (χ2v) is 5.58. The number of carbonyl (C=O) groups excluding carboxylic acids is 2. The van der Waals surface area contributed by atoms with Crippen LogP contribution in [0, 0.1) is 0 Å². The molecule has 0 aliphatic heterocycles. The maximum absolute atomic E-state index is 11.6. The Balaban J connectivity index is 1.85. The molecule has 3 amide bonds. The molecule has 9 heteroatoms. The molecular weight excluding hydrogens is 340 g/mol. The maximum atomic E-state index is 11.6. The Morgan fingerprint density at radius 3 is 2.74 bits per heavy atom. The molecule has 7 nitrogen and oxygen atoms in total. The van der Waals surface area contributed by atoms with Gasteiger partial charge in [-0.15, -0.1) is 16.8 Å². The average Bonchev–Trinajstić information content (AvgIpc) is 3.00. The fourth-order valence-electron chi connectivity index (χ4n) is 1.48. The van der Waals surface area contributed by atoms with Gasteiger partial charge < -0.3 is 9.73 Å². The molecule has 1 heterocycles. The van der Waals surface area contributed by atoms with Crippen LogP contribution < -0.4 is 10.6 Å². The number of urea groups is 1. The van der Waals surface area contributed by atoms with Crippen LogP contribution in [0.15, 0.2) is 46.6 Å². The molecule has 0 atom stereocenters. The van der Waals surface area contributed by atoms with Crippen molar-refractivity contribution < 1.29 is 14.0 Å². The summed E-state index contributed by atoms with van der Waals surface area (Å²) in [5, 5.41) is 13.2. The van der Waals surface area contributed by atoms with Gasteiger partial charge >= 0.3 is 6.03 Å². The molecule has 120 valence electrons. The molecule has 1 aromatic carbocycles. The van der Waals surface area contributed by atoms with Crippen LogP contribution in [0.25, 0.3) is 11.5 Å².